The van der Waals surface area contributed by atoms with E-state index < -0.39 is 0 Å². The van der Waals surface area contributed by atoms with Crippen LogP contribution in [0.15, 0.2) is 18.3 Å². The molecule has 0 aliphatic heterocycles. The van der Waals surface area contributed by atoms with E-state index in [1.165, 1.54) is 0 Å². The highest BCUT2D eigenvalue weighted by molar-refractivity contribution is 5.28. The summed E-state index contributed by atoms with van der Waals surface area (Å²) >= 11 is 0. The predicted molar refractivity (Wildman–Crippen MR) is 66.7 cm³/mol. The minimum atomic E-state index is 0.287. The van der Waals surface area contributed by atoms with Crippen molar-refractivity contribution in [2.45, 2.75) is 39.7 Å². The van der Waals surface area contributed by atoms with Gasteiger partial charge in [0.1, 0.15) is 0 Å². The van der Waals surface area contributed by atoms with Gasteiger partial charge in [0, 0.05) is 17.8 Å². The van der Waals surface area contributed by atoms with Crippen LogP contribution in [-0.2, 0) is 0 Å². The minimum absolute atomic E-state index is 0.287. The molecule has 1 N–H and O–H groups in total. The van der Waals surface area contributed by atoms with Crippen LogP contribution in [0.4, 0.5) is 0 Å². The third-order valence-electron chi connectivity index (χ3n) is 2.51. The number of rotatable bonds is 7. The Balaban J connectivity index is 2.67. The second-order valence-corrected chi connectivity index (χ2v) is 3.88. The van der Waals surface area contributed by atoms with Crippen molar-refractivity contribution in [2.75, 3.05) is 13.2 Å². The highest BCUT2D eigenvalue weighted by Gasteiger charge is 2.10. The Bertz CT molecular complexity index is 302. The Hall–Kier alpha value is -1.09. The first-order chi connectivity index (χ1) is 7.79. The fraction of sp³-hybridized carbons (Fsp3) is 0.615. The molecule has 1 heterocycles. The molecule has 1 atom stereocenters. The molecule has 0 amide bonds. The molecule has 3 heteroatoms. The molecule has 0 radical (unpaired) electrons. The minimum Gasteiger partial charge on any atom is -0.477 e. The Labute approximate surface area is 98.2 Å². The molecule has 90 valence electrons. The second-order valence-electron chi connectivity index (χ2n) is 3.88. The monoisotopic (exact) mass is 222 g/mol. The molecule has 0 aliphatic rings. The lowest BCUT2D eigenvalue weighted by Crippen LogP contribution is -2.19. The number of nitrogens with zero attached hydrogens (tertiary/aromatic N) is 1. The van der Waals surface area contributed by atoms with E-state index in [1.807, 2.05) is 6.07 Å². The highest BCUT2D eigenvalue weighted by atomic mass is 16.5. The van der Waals surface area contributed by atoms with E-state index in [9.17, 15) is 0 Å². The smallest absolute Gasteiger partial charge is 0.218 e. The maximum absolute atomic E-state index is 5.69. The maximum Gasteiger partial charge on any atom is 0.218 e. The molecule has 1 rings (SSSR count). The van der Waals surface area contributed by atoms with Gasteiger partial charge in [-0.05, 0) is 26.0 Å². The lowest BCUT2D eigenvalue weighted by atomic mass is 10.1. The quantitative estimate of drug-likeness (QED) is 0.720. The number of unbranched alkanes of at least 4 members (excludes halogenated alkanes) is 1. The highest BCUT2D eigenvalue weighted by Crippen LogP contribution is 2.22. The summed E-state index contributed by atoms with van der Waals surface area (Å²) in [5, 5.41) is 3.37. The van der Waals surface area contributed by atoms with Crippen molar-refractivity contribution in [2.24, 2.45) is 0 Å². The molecule has 1 aromatic rings. The summed E-state index contributed by atoms with van der Waals surface area (Å²) in [6.45, 7) is 8.09. The van der Waals surface area contributed by atoms with Crippen LogP contribution in [0.2, 0.25) is 0 Å². The van der Waals surface area contributed by atoms with E-state index in [-0.39, 0.29) is 6.04 Å². The lowest BCUT2D eigenvalue weighted by molar-refractivity contribution is 0.291. The van der Waals surface area contributed by atoms with E-state index in [1.54, 1.807) is 6.20 Å². The molecule has 0 bridgehead atoms. The molecule has 0 fully saturated rings. The number of hydrogen-bond acceptors (Lipinski definition) is 3. The Morgan fingerprint density at radius 2 is 2.25 bits per heavy atom. The summed E-state index contributed by atoms with van der Waals surface area (Å²) in [7, 11) is 0. The van der Waals surface area contributed by atoms with Gasteiger partial charge >= 0.3 is 0 Å². The van der Waals surface area contributed by atoms with Crippen molar-refractivity contribution in [1.82, 2.24) is 10.3 Å². The number of pyridine rings is 1. The van der Waals surface area contributed by atoms with Crippen molar-refractivity contribution in [3.63, 3.8) is 0 Å². The molecule has 0 aromatic carbocycles. The fourth-order valence-corrected chi connectivity index (χ4v) is 1.58. The van der Waals surface area contributed by atoms with Crippen molar-refractivity contribution in [3.05, 3.63) is 23.9 Å². The van der Waals surface area contributed by atoms with Gasteiger partial charge < -0.3 is 10.1 Å². The van der Waals surface area contributed by atoms with E-state index in [0.717, 1.165) is 37.4 Å². The first-order valence-electron chi connectivity index (χ1n) is 6.10. The fourth-order valence-electron chi connectivity index (χ4n) is 1.58. The summed E-state index contributed by atoms with van der Waals surface area (Å²) in [6.07, 6.45) is 4.00. The third kappa shape index (κ3) is 3.81. The first-order valence-corrected chi connectivity index (χ1v) is 6.10. The SMILES string of the molecule is CCCCOc1ncccc1C(C)NCC. The molecular weight excluding hydrogens is 200 g/mol. The van der Waals surface area contributed by atoms with E-state index in [2.05, 4.69) is 37.1 Å². The first kappa shape index (κ1) is 13.0. The van der Waals surface area contributed by atoms with Crippen LogP contribution in [0, 0.1) is 0 Å². The van der Waals surface area contributed by atoms with Gasteiger partial charge in [0.2, 0.25) is 5.88 Å². The van der Waals surface area contributed by atoms with Crippen LogP contribution in [0.5, 0.6) is 5.88 Å². The van der Waals surface area contributed by atoms with Gasteiger partial charge in [0.15, 0.2) is 0 Å². The normalized spacial score (nSPS) is 12.4. The average Bonchev–Trinajstić information content (AvgIpc) is 2.30. The molecule has 3 nitrogen and oxygen atoms in total. The van der Waals surface area contributed by atoms with Crippen LogP contribution in [0.3, 0.4) is 0 Å². The molecule has 1 unspecified atom stereocenters. The summed E-state index contributed by atoms with van der Waals surface area (Å²) < 4.78 is 5.69. The van der Waals surface area contributed by atoms with Gasteiger partial charge in [-0.3, -0.25) is 0 Å². The largest absolute Gasteiger partial charge is 0.477 e. The van der Waals surface area contributed by atoms with E-state index >= 15 is 0 Å². The van der Waals surface area contributed by atoms with Crippen molar-refractivity contribution >= 4 is 0 Å². The van der Waals surface area contributed by atoms with Gasteiger partial charge in [0.05, 0.1) is 6.61 Å². The number of ether oxygens (including phenoxy) is 1. The number of aromatic nitrogens is 1. The van der Waals surface area contributed by atoms with E-state index in [4.69, 9.17) is 4.74 Å². The average molecular weight is 222 g/mol. The predicted octanol–water partition coefficient (Wildman–Crippen LogP) is 2.93. The number of hydrogen-bond donors (Lipinski definition) is 1. The maximum atomic E-state index is 5.69. The van der Waals surface area contributed by atoms with Gasteiger partial charge in [-0.25, -0.2) is 4.98 Å². The lowest BCUT2D eigenvalue weighted by Gasteiger charge is -2.16. The zero-order chi connectivity index (χ0) is 11.8. The Kier molecular flexibility index (Phi) is 5.86. The van der Waals surface area contributed by atoms with Crippen molar-refractivity contribution < 1.29 is 4.74 Å². The molecule has 1 aromatic heterocycles. The topological polar surface area (TPSA) is 34.1 Å². The molecule has 16 heavy (non-hydrogen) atoms. The summed E-state index contributed by atoms with van der Waals surface area (Å²) in [4.78, 5) is 4.29. The zero-order valence-electron chi connectivity index (χ0n) is 10.5. The number of nitrogens with one attached hydrogen (secondary N) is 1. The van der Waals surface area contributed by atoms with E-state index in [0.29, 0.717) is 0 Å². The van der Waals surface area contributed by atoms with Crippen LogP contribution < -0.4 is 10.1 Å². The van der Waals surface area contributed by atoms with Crippen LogP contribution in [0.1, 0.15) is 45.2 Å². The van der Waals surface area contributed by atoms with Crippen molar-refractivity contribution in [1.29, 1.82) is 0 Å². The van der Waals surface area contributed by atoms with Crippen LogP contribution >= 0.6 is 0 Å². The van der Waals surface area contributed by atoms with Gasteiger partial charge in [-0.15, -0.1) is 0 Å². The van der Waals surface area contributed by atoms with Crippen molar-refractivity contribution in [3.8, 4) is 5.88 Å². The molecular formula is C13H22N2O. The second kappa shape index (κ2) is 7.23. The summed E-state index contributed by atoms with van der Waals surface area (Å²) in [6, 6.07) is 4.31. The molecule has 0 saturated heterocycles. The van der Waals surface area contributed by atoms with Gasteiger partial charge in [0.25, 0.3) is 0 Å². The molecule has 0 saturated carbocycles. The van der Waals surface area contributed by atoms with Gasteiger partial charge in [-0.2, -0.15) is 0 Å². The zero-order valence-corrected chi connectivity index (χ0v) is 10.5. The Morgan fingerprint density at radius 1 is 1.44 bits per heavy atom. The summed E-state index contributed by atoms with van der Waals surface area (Å²) in [5.74, 6) is 0.768. The molecule has 0 spiro atoms. The molecule has 0 aliphatic carbocycles. The Morgan fingerprint density at radius 3 is 2.94 bits per heavy atom. The standard InChI is InChI=1S/C13H22N2O/c1-4-6-10-16-13-12(8-7-9-15-13)11(3)14-5-2/h7-9,11,14H,4-6,10H2,1-3H3. The van der Waals surface area contributed by atoms with Crippen LogP contribution in [-0.4, -0.2) is 18.1 Å². The third-order valence-corrected chi connectivity index (χ3v) is 2.51. The van der Waals surface area contributed by atoms with Gasteiger partial charge in [-0.1, -0.05) is 26.3 Å². The van der Waals surface area contributed by atoms with Crippen LogP contribution in [0.25, 0.3) is 0 Å². The summed E-state index contributed by atoms with van der Waals surface area (Å²) in [5.41, 5.74) is 1.14.